The fourth-order valence-electron chi connectivity index (χ4n) is 3.52. The maximum Gasteiger partial charge on any atom is 0.344 e. The molecule has 1 saturated heterocycles. The molecule has 9 heteroatoms. The van der Waals surface area contributed by atoms with Crippen LogP contribution in [0.4, 0.5) is 4.79 Å². The quantitative estimate of drug-likeness (QED) is 0.245. The lowest BCUT2D eigenvalue weighted by Crippen LogP contribution is -2.27. The predicted octanol–water partition coefficient (Wildman–Crippen LogP) is 6.43. The van der Waals surface area contributed by atoms with Gasteiger partial charge in [0.05, 0.1) is 27.6 Å². The lowest BCUT2D eigenvalue weighted by molar-refractivity contribution is -0.145. The molecule has 0 bridgehead atoms. The number of benzene rings is 3. The second-order valence-corrected chi connectivity index (χ2v) is 9.57. The summed E-state index contributed by atoms with van der Waals surface area (Å²) in [5, 5.41) is 1.97. The highest BCUT2D eigenvalue weighted by Crippen LogP contribution is 2.38. The molecular formula is C25H19BrClNO5S. The first-order valence-corrected chi connectivity index (χ1v) is 12.4. The number of hydrogen-bond acceptors (Lipinski definition) is 6. The van der Waals surface area contributed by atoms with Crippen molar-refractivity contribution in [2.75, 3.05) is 13.2 Å². The van der Waals surface area contributed by atoms with Crippen molar-refractivity contribution in [1.82, 2.24) is 4.90 Å². The van der Waals surface area contributed by atoms with Crippen LogP contribution in [0.5, 0.6) is 5.75 Å². The fraction of sp³-hybridized carbons (Fsp3) is 0.160. The molecular weight excluding hydrogens is 542 g/mol. The van der Waals surface area contributed by atoms with Crippen molar-refractivity contribution >= 4 is 73.3 Å². The van der Waals surface area contributed by atoms with Crippen LogP contribution < -0.4 is 4.74 Å². The van der Waals surface area contributed by atoms with Crippen molar-refractivity contribution < 1.29 is 23.9 Å². The summed E-state index contributed by atoms with van der Waals surface area (Å²) < 4.78 is 10.8. The predicted molar refractivity (Wildman–Crippen MR) is 137 cm³/mol. The summed E-state index contributed by atoms with van der Waals surface area (Å²) >= 11 is 10.6. The number of thioether (sulfide) groups is 1. The summed E-state index contributed by atoms with van der Waals surface area (Å²) in [5.41, 5.74) is 1.51. The summed E-state index contributed by atoms with van der Waals surface area (Å²) in [6, 6.07) is 17.0. The molecule has 0 radical (unpaired) electrons. The molecule has 0 aliphatic carbocycles. The van der Waals surface area contributed by atoms with Crippen molar-refractivity contribution in [3.63, 3.8) is 0 Å². The molecule has 4 rings (SSSR count). The summed E-state index contributed by atoms with van der Waals surface area (Å²) in [6.07, 6.45) is 1.61. The Morgan fingerprint density at radius 1 is 1.15 bits per heavy atom. The van der Waals surface area contributed by atoms with E-state index in [2.05, 4.69) is 15.9 Å². The summed E-state index contributed by atoms with van der Waals surface area (Å²) in [7, 11) is 0. The van der Waals surface area contributed by atoms with E-state index in [4.69, 9.17) is 21.1 Å². The third-order valence-corrected chi connectivity index (χ3v) is 6.82. The van der Waals surface area contributed by atoms with Gasteiger partial charge in [0.1, 0.15) is 0 Å². The molecule has 0 saturated carbocycles. The summed E-state index contributed by atoms with van der Waals surface area (Å²) in [6.45, 7) is 1.87. The van der Waals surface area contributed by atoms with Gasteiger partial charge in [-0.3, -0.25) is 14.5 Å². The minimum Gasteiger partial charge on any atom is -0.479 e. The molecule has 174 valence electrons. The zero-order valence-corrected chi connectivity index (χ0v) is 21.2. The number of fused-ring (bicyclic) bond motifs is 1. The SMILES string of the molecule is CCOC(=O)COc1c(Cl)cc(/C=C2/SC(=O)N(Cc3cccc4ccccc34)C2=O)cc1Br. The van der Waals surface area contributed by atoms with Gasteiger partial charge in [-0.25, -0.2) is 4.79 Å². The number of hydrogen-bond donors (Lipinski definition) is 0. The van der Waals surface area contributed by atoms with E-state index in [1.807, 2.05) is 42.5 Å². The highest BCUT2D eigenvalue weighted by molar-refractivity contribution is 9.10. The largest absolute Gasteiger partial charge is 0.479 e. The molecule has 1 fully saturated rings. The Balaban J connectivity index is 1.53. The van der Waals surface area contributed by atoms with Crippen molar-refractivity contribution in [1.29, 1.82) is 0 Å². The van der Waals surface area contributed by atoms with Gasteiger partial charge in [-0.05, 0) is 74.7 Å². The Morgan fingerprint density at radius 2 is 1.91 bits per heavy atom. The van der Waals surface area contributed by atoms with Gasteiger partial charge < -0.3 is 9.47 Å². The second-order valence-electron chi connectivity index (χ2n) is 7.31. The van der Waals surface area contributed by atoms with Crippen LogP contribution in [-0.4, -0.2) is 35.2 Å². The maximum atomic E-state index is 13.0. The first-order valence-electron chi connectivity index (χ1n) is 10.4. The number of carbonyl (C=O) groups excluding carboxylic acids is 3. The van der Waals surface area contributed by atoms with Crippen molar-refractivity contribution in [2.45, 2.75) is 13.5 Å². The minimum absolute atomic E-state index is 0.189. The topological polar surface area (TPSA) is 72.9 Å². The third-order valence-electron chi connectivity index (χ3n) is 5.04. The van der Waals surface area contributed by atoms with Gasteiger partial charge in [0, 0.05) is 0 Å². The number of amides is 2. The molecule has 2 amide bonds. The van der Waals surface area contributed by atoms with Gasteiger partial charge in [0.2, 0.25) is 0 Å². The van der Waals surface area contributed by atoms with Crippen LogP contribution in [0.3, 0.4) is 0 Å². The molecule has 0 unspecified atom stereocenters. The van der Waals surface area contributed by atoms with Crippen molar-refractivity contribution in [2.24, 2.45) is 0 Å². The number of rotatable bonds is 7. The second kappa shape index (κ2) is 10.6. The number of esters is 1. The van der Waals surface area contributed by atoms with Crippen LogP contribution in [0.25, 0.3) is 16.8 Å². The third kappa shape index (κ3) is 5.29. The van der Waals surface area contributed by atoms with Gasteiger partial charge in [0.15, 0.2) is 12.4 Å². The van der Waals surface area contributed by atoms with E-state index >= 15 is 0 Å². The summed E-state index contributed by atoms with van der Waals surface area (Å²) in [4.78, 5) is 38.8. The molecule has 6 nitrogen and oxygen atoms in total. The first kappa shape index (κ1) is 24.3. The van der Waals surface area contributed by atoms with Crippen LogP contribution in [0, 0.1) is 0 Å². The highest BCUT2D eigenvalue weighted by Gasteiger charge is 2.35. The van der Waals surface area contributed by atoms with Gasteiger partial charge in [-0.1, -0.05) is 54.1 Å². The molecule has 1 aliphatic heterocycles. The highest BCUT2D eigenvalue weighted by atomic mass is 79.9. The van der Waals surface area contributed by atoms with E-state index in [1.54, 1.807) is 25.1 Å². The van der Waals surface area contributed by atoms with E-state index in [-0.39, 0.29) is 41.7 Å². The lowest BCUT2D eigenvalue weighted by Gasteiger charge is -2.14. The molecule has 0 atom stereocenters. The molecule has 3 aromatic rings. The van der Waals surface area contributed by atoms with E-state index < -0.39 is 5.97 Å². The molecule has 34 heavy (non-hydrogen) atoms. The van der Waals surface area contributed by atoms with Gasteiger partial charge in [0.25, 0.3) is 11.1 Å². The first-order chi connectivity index (χ1) is 16.4. The average Bonchev–Trinajstić information content (AvgIpc) is 3.06. The van der Waals surface area contributed by atoms with Crippen LogP contribution in [0.1, 0.15) is 18.1 Å². The fourth-order valence-corrected chi connectivity index (χ4v) is 5.35. The Bertz CT molecular complexity index is 1300. The number of halogens is 2. The van der Waals surface area contributed by atoms with Crippen LogP contribution in [0.15, 0.2) is 64.0 Å². The Kier molecular flexibility index (Phi) is 7.60. The maximum absolute atomic E-state index is 13.0. The van der Waals surface area contributed by atoms with Crippen LogP contribution in [-0.2, 0) is 20.9 Å². The Labute approximate surface area is 214 Å². The van der Waals surface area contributed by atoms with Crippen LogP contribution in [0.2, 0.25) is 5.02 Å². The number of carbonyl (C=O) groups is 3. The molecule has 1 heterocycles. The van der Waals surface area contributed by atoms with E-state index in [0.29, 0.717) is 14.9 Å². The molecule has 0 aromatic heterocycles. The Hall–Kier alpha value is -2.81. The minimum atomic E-state index is -0.505. The zero-order valence-electron chi connectivity index (χ0n) is 18.0. The number of nitrogens with zero attached hydrogens (tertiary/aromatic N) is 1. The molecule has 0 spiro atoms. The van der Waals surface area contributed by atoms with Gasteiger partial charge in [-0.2, -0.15) is 0 Å². The Morgan fingerprint density at radius 3 is 2.68 bits per heavy atom. The monoisotopic (exact) mass is 559 g/mol. The lowest BCUT2D eigenvalue weighted by atomic mass is 10.0. The van der Waals surface area contributed by atoms with E-state index in [0.717, 1.165) is 28.1 Å². The molecule has 0 N–H and O–H groups in total. The standard InChI is InChI=1S/C25H19BrClNO5S/c1-2-32-22(29)14-33-23-19(26)10-15(11-20(23)27)12-21-24(30)28(25(31)34-21)13-17-8-5-7-16-6-3-4-9-18(16)17/h3-12H,2,13-14H2,1H3/b21-12+. The number of ether oxygens (including phenoxy) is 2. The zero-order chi connectivity index (χ0) is 24.2. The van der Waals surface area contributed by atoms with E-state index in [9.17, 15) is 14.4 Å². The summed E-state index contributed by atoms with van der Waals surface area (Å²) in [5.74, 6) is -0.580. The van der Waals surface area contributed by atoms with Crippen LogP contribution >= 0.6 is 39.3 Å². The molecule has 3 aromatic carbocycles. The van der Waals surface area contributed by atoms with Gasteiger partial charge in [-0.15, -0.1) is 0 Å². The number of imide groups is 1. The smallest absolute Gasteiger partial charge is 0.344 e. The average molecular weight is 561 g/mol. The van der Waals surface area contributed by atoms with Gasteiger partial charge >= 0.3 is 5.97 Å². The van der Waals surface area contributed by atoms with E-state index in [1.165, 1.54) is 4.90 Å². The van der Waals surface area contributed by atoms with Crippen molar-refractivity contribution in [3.8, 4) is 5.75 Å². The normalized spacial score (nSPS) is 14.8. The van der Waals surface area contributed by atoms with Crippen molar-refractivity contribution in [3.05, 3.63) is 80.1 Å². The molecule has 1 aliphatic rings.